The molecule has 0 spiro atoms. The second-order valence-electron chi connectivity index (χ2n) is 5.28. The van der Waals surface area contributed by atoms with E-state index in [2.05, 4.69) is 5.32 Å². The quantitative estimate of drug-likeness (QED) is 0.872. The van der Waals surface area contributed by atoms with Gasteiger partial charge in [0, 0.05) is 10.9 Å². The molecule has 1 unspecified atom stereocenters. The van der Waals surface area contributed by atoms with Gasteiger partial charge >= 0.3 is 0 Å². The summed E-state index contributed by atoms with van der Waals surface area (Å²) in [6, 6.07) is 2.00. The maximum absolute atomic E-state index is 11.9. The minimum absolute atomic E-state index is 0.0331. The van der Waals surface area contributed by atoms with E-state index in [0.29, 0.717) is 13.0 Å². The number of aryl methyl sites for hydroxylation is 1. The molecule has 1 amide bonds. The monoisotopic (exact) mass is 316 g/mol. The smallest absolute Gasteiger partial charge is 0.234 e. The largest absolute Gasteiger partial charge is 0.350 e. The van der Waals surface area contributed by atoms with Crippen LogP contribution in [0, 0.1) is 6.92 Å². The highest BCUT2D eigenvalue weighted by Gasteiger charge is 2.31. The third-order valence-electron chi connectivity index (χ3n) is 3.64. The number of nitrogens with zero attached hydrogens (tertiary/aromatic N) is 1. The van der Waals surface area contributed by atoms with E-state index >= 15 is 0 Å². The van der Waals surface area contributed by atoms with Gasteiger partial charge in [0.05, 0.1) is 24.6 Å². The Kier molecular flexibility index (Phi) is 4.82. The molecule has 1 saturated heterocycles. The van der Waals surface area contributed by atoms with E-state index in [0.717, 1.165) is 4.88 Å². The average molecular weight is 316 g/mol. The second-order valence-corrected chi connectivity index (χ2v) is 8.50. The molecule has 1 aromatic heterocycles. The van der Waals surface area contributed by atoms with E-state index in [9.17, 15) is 13.2 Å². The Hall–Kier alpha value is -0.920. The van der Waals surface area contributed by atoms with Crippen molar-refractivity contribution in [2.75, 3.05) is 25.1 Å². The van der Waals surface area contributed by atoms with Gasteiger partial charge in [0.15, 0.2) is 9.84 Å². The summed E-state index contributed by atoms with van der Waals surface area (Å²) >= 11 is 1.63. The first-order valence-corrected chi connectivity index (χ1v) is 9.28. The maximum atomic E-state index is 11.9. The van der Waals surface area contributed by atoms with Gasteiger partial charge in [-0.15, -0.1) is 11.3 Å². The molecule has 2 rings (SSSR count). The first kappa shape index (κ1) is 15.5. The molecule has 0 aliphatic carbocycles. The second kappa shape index (κ2) is 6.24. The van der Waals surface area contributed by atoms with Crippen LogP contribution < -0.4 is 5.32 Å². The maximum Gasteiger partial charge on any atom is 0.234 e. The predicted octanol–water partition coefficient (Wildman–Crippen LogP) is 0.792. The molecular formula is C13H20N2O3S2. The van der Waals surface area contributed by atoms with Crippen LogP contribution >= 0.6 is 11.3 Å². The Morgan fingerprint density at radius 2 is 2.30 bits per heavy atom. The van der Waals surface area contributed by atoms with Crippen LogP contribution in [0.2, 0.25) is 0 Å². The summed E-state index contributed by atoms with van der Waals surface area (Å²) in [5.74, 6) is 0.336. The molecule has 1 aromatic rings. The van der Waals surface area contributed by atoms with Crippen molar-refractivity contribution < 1.29 is 13.2 Å². The predicted molar refractivity (Wildman–Crippen MR) is 80.6 cm³/mol. The Balaban J connectivity index is 1.78. The molecule has 112 valence electrons. The molecule has 20 heavy (non-hydrogen) atoms. The lowest BCUT2D eigenvalue weighted by Gasteiger charge is -2.22. The zero-order chi connectivity index (χ0) is 14.8. The fraction of sp³-hybridized carbons (Fsp3) is 0.615. The third-order valence-corrected chi connectivity index (χ3v) is 6.41. The summed E-state index contributed by atoms with van der Waals surface area (Å²) in [6.45, 7) is 2.80. The number of amides is 1. The molecule has 1 atom stereocenters. The van der Waals surface area contributed by atoms with E-state index in [1.54, 1.807) is 11.3 Å². The van der Waals surface area contributed by atoms with Crippen molar-refractivity contribution in [3.05, 3.63) is 21.9 Å². The third kappa shape index (κ3) is 4.04. The average Bonchev–Trinajstić information content (AvgIpc) is 2.92. The lowest BCUT2D eigenvalue weighted by atomic mass is 10.2. The summed E-state index contributed by atoms with van der Waals surface area (Å²) in [6.07, 6.45) is 0.621. The Morgan fingerprint density at radius 1 is 1.55 bits per heavy atom. The van der Waals surface area contributed by atoms with E-state index in [1.165, 1.54) is 5.56 Å². The van der Waals surface area contributed by atoms with Crippen molar-refractivity contribution in [3.63, 3.8) is 0 Å². The van der Waals surface area contributed by atoms with Crippen LogP contribution in [0.3, 0.4) is 0 Å². The van der Waals surface area contributed by atoms with Gasteiger partial charge in [0.1, 0.15) is 0 Å². The highest BCUT2D eigenvalue weighted by Crippen LogP contribution is 2.17. The summed E-state index contributed by atoms with van der Waals surface area (Å²) in [4.78, 5) is 14.9. The zero-order valence-corrected chi connectivity index (χ0v) is 13.4. The van der Waals surface area contributed by atoms with Gasteiger partial charge in [-0.25, -0.2) is 8.42 Å². The summed E-state index contributed by atoms with van der Waals surface area (Å²) in [7, 11) is -1.09. The van der Waals surface area contributed by atoms with Gasteiger partial charge in [-0.3, -0.25) is 9.69 Å². The molecule has 0 saturated carbocycles. The molecular weight excluding hydrogens is 296 g/mol. The van der Waals surface area contributed by atoms with E-state index in [1.807, 2.05) is 30.3 Å². The molecule has 1 N–H and O–H groups in total. The van der Waals surface area contributed by atoms with Gasteiger partial charge in [0.2, 0.25) is 5.91 Å². The normalized spacial score (nSPS) is 21.2. The Morgan fingerprint density at radius 3 is 2.85 bits per heavy atom. The molecule has 1 aliphatic heterocycles. The van der Waals surface area contributed by atoms with Crippen molar-refractivity contribution >= 4 is 27.1 Å². The van der Waals surface area contributed by atoms with Gasteiger partial charge in [-0.1, -0.05) is 0 Å². The first-order valence-electron chi connectivity index (χ1n) is 6.58. The Bertz CT molecular complexity index is 580. The molecule has 5 nitrogen and oxygen atoms in total. The fourth-order valence-corrected chi connectivity index (χ4v) is 4.95. The van der Waals surface area contributed by atoms with Crippen LogP contribution in [-0.2, 0) is 21.2 Å². The van der Waals surface area contributed by atoms with Crippen LogP contribution in [0.15, 0.2) is 11.4 Å². The van der Waals surface area contributed by atoms with E-state index in [4.69, 9.17) is 0 Å². The standard InChI is InChI=1S/C13H20N2O3S2/c1-10-3-5-19-12(10)7-14-13(16)8-15(2)11-4-6-20(17,18)9-11/h3,5,11H,4,6-9H2,1-2H3,(H,14,16). The molecule has 2 heterocycles. The first-order chi connectivity index (χ1) is 9.37. The lowest BCUT2D eigenvalue weighted by Crippen LogP contribution is -2.40. The lowest BCUT2D eigenvalue weighted by molar-refractivity contribution is -0.122. The molecule has 1 aliphatic rings. The van der Waals surface area contributed by atoms with Crippen molar-refractivity contribution in [3.8, 4) is 0 Å². The van der Waals surface area contributed by atoms with Crippen LogP contribution in [0.4, 0.5) is 0 Å². The molecule has 0 aromatic carbocycles. The van der Waals surface area contributed by atoms with Crippen LogP contribution in [0.5, 0.6) is 0 Å². The van der Waals surface area contributed by atoms with Crippen molar-refractivity contribution in [1.29, 1.82) is 0 Å². The SMILES string of the molecule is Cc1ccsc1CNC(=O)CN(C)C1CCS(=O)(=O)C1. The minimum Gasteiger partial charge on any atom is -0.350 e. The van der Waals surface area contributed by atoms with Gasteiger partial charge in [0.25, 0.3) is 0 Å². The van der Waals surface area contributed by atoms with Crippen molar-refractivity contribution in [2.45, 2.75) is 25.9 Å². The van der Waals surface area contributed by atoms with Gasteiger partial charge in [-0.2, -0.15) is 0 Å². The number of carbonyl (C=O) groups is 1. The molecule has 0 bridgehead atoms. The fourth-order valence-electron chi connectivity index (χ4n) is 2.30. The van der Waals surface area contributed by atoms with Crippen LogP contribution in [-0.4, -0.2) is 50.4 Å². The van der Waals surface area contributed by atoms with Crippen LogP contribution in [0.1, 0.15) is 16.9 Å². The number of nitrogens with one attached hydrogen (secondary N) is 1. The number of rotatable bonds is 5. The number of hydrogen-bond acceptors (Lipinski definition) is 5. The highest BCUT2D eigenvalue weighted by molar-refractivity contribution is 7.91. The van der Waals surface area contributed by atoms with Gasteiger partial charge < -0.3 is 5.32 Å². The van der Waals surface area contributed by atoms with Crippen molar-refractivity contribution in [1.82, 2.24) is 10.2 Å². The highest BCUT2D eigenvalue weighted by atomic mass is 32.2. The minimum atomic E-state index is -2.90. The van der Waals surface area contributed by atoms with Crippen molar-refractivity contribution in [2.24, 2.45) is 0 Å². The molecule has 7 heteroatoms. The van der Waals surface area contributed by atoms with E-state index < -0.39 is 9.84 Å². The number of sulfone groups is 1. The number of hydrogen-bond donors (Lipinski definition) is 1. The Labute approximate surface area is 123 Å². The topological polar surface area (TPSA) is 66.5 Å². The van der Waals surface area contributed by atoms with E-state index in [-0.39, 0.29) is 30.0 Å². The molecule has 0 radical (unpaired) electrons. The summed E-state index contributed by atoms with van der Waals surface area (Å²) in [5.41, 5.74) is 1.19. The summed E-state index contributed by atoms with van der Waals surface area (Å²) < 4.78 is 22.8. The number of carbonyl (C=O) groups excluding carboxylic acids is 1. The number of likely N-dealkylation sites (N-methyl/N-ethyl adjacent to an activating group) is 1. The zero-order valence-electron chi connectivity index (χ0n) is 11.8. The molecule has 1 fully saturated rings. The van der Waals surface area contributed by atoms with Gasteiger partial charge in [-0.05, 0) is 37.4 Å². The van der Waals surface area contributed by atoms with Crippen LogP contribution in [0.25, 0.3) is 0 Å². The summed E-state index contributed by atoms with van der Waals surface area (Å²) in [5, 5.41) is 4.89. The number of thiophene rings is 1.